The van der Waals surface area contributed by atoms with E-state index in [2.05, 4.69) is 5.32 Å². The van der Waals surface area contributed by atoms with Gasteiger partial charge in [-0.15, -0.1) is 0 Å². The van der Waals surface area contributed by atoms with E-state index in [-0.39, 0.29) is 16.8 Å². The van der Waals surface area contributed by atoms with E-state index in [0.29, 0.717) is 18.8 Å². The number of hydrogen-bond donors (Lipinski definition) is 1. The van der Waals surface area contributed by atoms with Crippen molar-refractivity contribution < 1.29 is 13.2 Å². The Bertz CT molecular complexity index is 642. The van der Waals surface area contributed by atoms with E-state index in [1.807, 2.05) is 0 Å². The van der Waals surface area contributed by atoms with Crippen LogP contribution in [0.25, 0.3) is 0 Å². The SMILES string of the molecule is CCN(CC)S(=O)(=O)c1cc(C(=O)NC2CCCCC2)n(C)c1. The lowest BCUT2D eigenvalue weighted by Gasteiger charge is -2.22. The van der Waals surface area contributed by atoms with Crippen molar-refractivity contribution in [3.8, 4) is 0 Å². The van der Waals surface area contributed by atoms with Crippen LogP contribution in [0.3, 0.4) is 0 Å². The van der Waals surface area contributed by atoms with E-state index in [0.717, 1.165) is 25.7 Å². The lowest BCUT2D eigenvalue weighted by Crippen LogP contribution is -2.36. The van der Waals surface area contributed by atoms with E-state index in [9.17, 15) is 13.2 Å². The van der Waals surface area contributed by atoms with Gasteiger partial charge in [0, 0.05) is 32.4 Å². The van der Waals surface area contributed by atoms with E-state index in [1.165, 1.54) is 23.0 Å². The minimum Gasteiger partial charge on any atom is -0.348 e. The molecule has 0 bridgehead atoms. The zero-order valence-electron chi connectivity index (χ0n) is 14.2. The van der Waals surface area contributed by atoms with Gasteiger partial charge in [-0.3, -0.25) is 4.79 Å². The van der Waals surface area contributed by atoms with E-state index >= 15 is 0 Å². The third-order valence-electron chi connectivity index (χ3n) is 4.50. The van der Waals surface area contributed by atoms with Gasteiger partial charge in [0.1, 0.15) is 10.6 Å². The fourth-order valence-electron chi connectivity index (χ4n) is 3.12. The third-order valence-corrected chi connectivity index (χ3v) is 6.51. The van der Waals surface area contributed by atoms with Crippen molar-refractivity contribution in [3.05, 3.63) is 18.0 Å². The number of aromatic nitrogens is 1. The van der Waals surface area contributed by atoms with E-state index < -0.39 is 10.0 Å². The first kappa shape index (κ1) is 18.0. The molecule has 23 heavy (non-hydrogen) atoms. The topological polar surface area (TPSA) is 71.4 Å². The average molecular weight is 341 g/mol. The number of carbonyl (C=O) groups excluding carboxylic acids is 1. The van der Waals surface area contributed by atoms with Gasteiger partial charge in [0.15, 0.2) is 0 Å². The summed E-state index contributed by atoms with van der Waals surface area (Å²) in [7, 11) is -1.83. The molecule has 7 heteroatoms. The first-order valence-corrected chi connectivity index (χ1v) is 9.81. The first-order valence-electron chi connectivity index (χ1n) is 8.37. The quantitative estimate of drug-likeness (QED) is 0.861. The van der Waals surface area contributed by atoms with Gasteiger partial charge in [-0.25, -0.2) is 8.42 Å². The largest absolute Gasteiger partial charge is 0.348 e. The molecule has 0 saturated heterocycles. The maximum atomic E-state index is 12.6. The van der Waals surface area contributed by atoms with Crippen LogP contribution in [-0.4, -0.2) is 42.3 Å². The van der Waals surface area contributed by atoms with Gasteiger partial charge in [0.25, 0.3) is 5.91 Å². The molecule has 1 aliphatic rings. The molecule has 0 unspecified atom stereocenters. The molecule has 1 fully saturated rings. The number of amides is 1. The number of aryl methyl sites for hydroxylation is 1. The van der Waals surface area contributed by atoms with Crippen LogP contribution in [0.5, 0.6) is 0 Å². The minimum atomic E-state index is -3.54. The lowest BCUT2D eigenvalue weighted by atomic mass is 9.95. The van der Waals surface area contributed by atoms with Crippen molar-refractivity contribution in [2.75, 3.05) is 13.1 Å². The summed E-state index contributed by atoms with van der Waals surface area (Å²) in [5.74, 6) is -0.194. The van der Waals surface area contributed by atoms with Crippen molar-refractivity contribution in [1.82, 2.24) is 14.2 Å². The maximum absolute atomic E-state index is 12.6. The normalized spacial score (nSPS) is 16.7. The Labute approximate surface area is 138 Å². The summed E-state index contributed by atoms with van der Waals surface area (Å²) < 4.78 is 28.1. The Morgan fingerprint density at radius 1 is 1.26 bits per heavy atom. The fourth-order valence-corrected chi connectivity index (χ4v) is 4.65. The summed E-state index contributed by atoms with van der Waals surface area (Å²) in [6.07, 6.45) is 7.02. The Kier molecular flexibility index (Phi) is 5.86. The second-order valence-corrected chi connectivity index (χ2v) is 8.01. The molecule has 1 N–H and O–H groups in total. The summed E-state index contributed by atoms with van der Waals surface area (Å²) in [4.78, 5) is 12.6. The Hall–Kier alpha value is -1.34. The molecule has 1 aromatic heterocycles. The molecular formula is C16H27N3O3S. The van der Waals surface area contributed by atoms with E-state index in [1.54, 1.807) is 25.5 Å². The third kappa shape index (κ3) is 3.95. The number of nitrogens with one attached hydrogen (secondary N) is 1. The van der Waals surface area contributed by atoms with Crippen LogP contribution in [0.2, 0.25) is 0 Å². The Morgan fingerprint density at radius 2 is 1.87 bits per heavy atom. The van der Waals surface area contributed by atoms with Gasteiger partial charge in [0.05, 0.1) is 0 Å². The van der Waals surface area contributed by atoms with Crippen LogP contribution in [0.1, 0.15) is 56.4 Å². The monoisotopic (exact) mass is 341 g/mol. The van der Waals surface area contributed by atoms with Crippen LogP contribution in [0, 0.1) is 0 Å². The first-order chi connectivity index (χ1) is 10.9. The number of carbonyl (C=O) groups is 1. The number of hydrogen-bond acceptors (Lipinski definition) is 3. The highest BCUT2D eigenvalue weighted by Crippen LogP contribution is 2.20. The highest BCUT2D eigenvalue weighted by molar-refractivity contribution is 7.89. The Morgan fingerprint density at radius 3 is 2.43 bits per heavy atom. The summed E-state index contributed by atoms with van der Waals surface area (Å²) in [5, 5.41) is 3.03. The van der Waals surface area contributed by atoms with Crippen molar-refractivity contribution in [2.24, 2.45) is 7.05 Å². The standard InChI is InChI=1S/C16H27N3O3S/c1-4-19(5-2)23(21,22)14-11-15(18(3)12-14)16(20)17-13-9-7-6-8-10-13/h11-13H,4-10H2,1-3H3,(H,17,20). The van der Waals surface area contributed by atoms with Gasteiger partial charge in [-0.1, -0.05) is 33.1 Å². The molecule has 0 atom stereocenters. The smallest absolute Gasteiger partial charge is 0.268 e. The number of sulfonamides is 1. The van der Waals surface area contributed by atoms with Crippen molar-refractivity contribution in [3.63, 3.8) is 0 Å². The maximum Gasteiger partial charge on any atom is 0.268 e. The second-order valence-electron chi connectivity index (χ2n) is 6.07. The molecule has 130 valence electrons. The van der Waals surface area contributed by atoms with Crippen molar-refractivity contribution >= 4 is 15.9 Å². The predicted molar refractivity (Wildman–Crippen MR) is 89.9 cm³/mol. The molecule has 0 aromatic carbocycles. The lowest BCUT2D eigenvalue weighted by molar-refractivity contribution is 0.0919. The molecule has 1 aromatic rings. The van der Waals surface area contributed by atoms with Gasteiger partial charge < -0.3 is 9.88 Å². The summed E-state index contributed by atoms with van der Waals surface area (Å²) in [6.45, 7) is 4.44. The molecule has 1 saturated carbocycles. The van der Waals surface area contributed by atoms with Crippen LogP contribution < -0.4 is 5.32 Å². The zero-order chi connectivity index (χ0) is 17.0. The zero-order valence-corrected chi connectivity index (χ0v) is 15.0. The van der Waals surface area contributed by atoms with Crippen molar-refractivity contribution in [2.45, 2.75) is 56.9 Å². The molecule has 2 rings (SSSR count). The molecule has 0 spiro atoms. The van der Waals surface area contributed by atoms with Gasteiger partial charge >= 0.3 is 0 Å². The van der Waals surface area contributed by atoms with Gasteiger partial charge in [-0.2, -0.15) is 4.31 Å². The minimum absolute atomic E-state index is 0.178. The summed E-state index contributed by atoms with van der Waals surface area (Å²) in [6, 6.07) is 1.68. The van der Waals surface area contributed by atoms with Crippen LogP contribution in [-0.2, 0) is 17.1 Å². The van der Waals surface area contributed by atoms with Gasteiger partial charge in [-0.05, 0) is 18.9 Å². The predicted octanol–water partition coefficient (Wildman–Crippen LogP) is 2.12. The van der Waals surface area contributed by atoms with Gasteiger partial charge in [0.2, 0.25) is 10.0 Å². The molecule has 0 radical (unpaired) electrons. The van der Waals surface area contributed by atoms with E-state index in [4.69, 9.17) is 0 Å². The second kappa shape index (κ2) is 7.49. The molecule has 1 amide bonds. The average Bonchev–Trinajstić information content (AvgIpc) is 2.92. The molecule has 6 nitrogen and oxygen atoms in total. The summed E-state index contributed by atoms with van der Waals surface area (Å²) >= 11 is 0. The molecule has 1 aliphatic carbocycles. The van der Waals surface area contributed by atoms with Crippen molar-refractivity contribution in [1.29, 1.82) is 0 Å². The van der Waals surface area contributed by atoms with Crippen LogP contribution in [0.15, 0.2) is 17.2 Å². The number of rotatable bonds is 6. The van der Waals surface area contributed by atoms with Crippen LogP contribution in [0.4, 0.5) is 0 Å². The summed E-state index contributed by atoms with van der Waals surface area (Å²) in [5.41, 5.74) is 0.390. The van der Waals surface area contributed by atoms with Crippen LogP contribution >= 0.6 is 0 Å². The Balaban J connectivity index is 2.18. The highest BCUT2D eigenvalue weighted by Gasteiger charge is 2.26. The molecule has 1 heterocycles. The number of nitrogens with zero attached hydrogens (tertiary/aromatic N) is 2. The fraction of sp³-hybridized carbons (Fsp3) is 0.688. The molecule has 0 aliphatic heterocycles. The molecular weight excluding hydrogens is 314 g/mol. The highest BCUT2D eigenvalue weighted by atomic mass is 32.2.